The van der Waals surface area contributed by atoms with Crippen LogP contribution in [0.1, 0.15) is 55.7 Å². The van der Waals surface area contributed by atoms with E-state index in [-0.39, 0.29) is 31.0 Å². The normalized spacial score (nSPS) is 15.0. The van der Waals surface area contributed by atoms with Gasteiger partial charge in [0.15, 0.2) is 6.61 Å². The van der Waals surface area contributed by atoms with Crippen LogP contribution >= 0.6 is 39.1 Å². The van der Waals surface area contributed by atoms with E-state index in [1.165, 1.54) is 11.3 Å². The number of hydrogen-bond acceptors (Lipinski definition) is 3. The molecule has 184 valence electrons. The summed E-state index contributed by atoms with van der Waals surface area (Å²) >= 11 is 16.0. The number of halogens is 3. The van der Waals surface area contributed by atoms with E-state index >= 15 is 0 Å². The highest BCUT2D eigenvalue weighted by molar-refractivity contribution is 9.10. The van der Waals surface area contributed by atoms with Crippen molar-refractivity contribution in [2.45, 2.75) is 71.5 Å². The van der Waals surface area contributed by atoms with Crippen LogP contribution in [0, 0.1) is 13.8 Å². The summed E-state index contributed by atoms with van der Waals surface area (Å²) in [7, 11) is 0. The number of carbonyl (C=O) groups excluding carboxylic acids is 2. The monoisotopic (exact) mass is 568 g/mol. The maximum Gasteiger partial charge on any atom is 0.261 e. The molecule has 0 radical (unpaired) electrons. The van der Waals surface area contributed by atoms with Crippen LogP contribution in [0.5, 0.6) is 5.75 Å². The lowest BCUT2D eigenvalue weighted by Gasteiger charge is -2.31. The first-order valence-electron chi connectivity index (χ1n) is 11.6. The van der Waals surface area contributed by atoms with Gasteiger partial charge in [0.1, 0.15) is 11.8 Å². The van der Waals surface area contributed by atoms with E-state index in [4.69, 9.17) is 27.9 Å². The highest BCUT2D eigenvalue weighted by Gasteiger charge is 2.29. The molecule has 1 N–H and O–H groups in total. The first kappa shape index (κ1) is 26.8. The lowest BCUT2D eigenvalue weighted by atomic mass is 9.95. The molecule has 0 unspecified atom stereocenters. The fourth-order valence-electron chi connectivity index (χ4n) is 4.20. The van der Waals surface area contributed by atoms with Crippen LogP contribution in [0.25, 0.3) is 0 Å². The van der Waals surface area contributed by atoms with E-state index in [0.717, 1.165) is 41.3 Å². The predicted octanol–water partition coefficient (Wildman–Crippen LogP) is 6.62. The smallest absolute Gasteiger partial charge is 0.261 e. The van der Waals surface area contributed by atoms with Crippen molar-refractivity contribution in [3.8, 4) is 5.75 Å². The summed E-state index contributed by atoms with van der Waals surface area (Å²) in [5.74, 6) is 0.145. The average molecular weight is 570 g/mol. The molecular formula is C26H31BrCl2N2O3. The molecule has 2 amide bonds. The van der Waals surface area contributed by atoms with E-state index in [1.54, 1.807) is 25.1 Å². The summed E-state index contributed by atoms with van der Waals surface area (Å²) in [6, 6.07) is 8.37. The van der Waals surface area contributed by atoms with Gasteiger partial charge >= 0.3 is 0 Å². The molecule has 0 aliphatic heterocycles. The molecule has 3 rings (SSSR count). The van der Waals surface area contributed by atoms with E-state index in [1.807, 2.05) is 26.0 Å². The molecule has 0 saturated heterocycles. The zero-order valence-electron chi connectivity index (χ0n) is 19.8. The quantitative estimate of drug-likeness (QED) is 0.389. The largest absolute Gasteiger partial charge is 0.484 e. The Bertz CT molecular complexity index is 1020. The van der Waals surface area contributed by atoms with Gasteiger partial charge in [0.05, 0.1) is 0 Å². The van der Waals surface area contributed by atoms with E-state index in [0.29, 0.717) is 21.4 Å². The van der Waals surface area contributed by atoms with Crippen LogP contribution < -0.4 is 10.1 Å². The van der Waals surface area contributed by atoms with Gasteiger partial charge in [-0.15, -0.1) is 0 Å². The SMILES string of the molecule is Cc1cc(OCC(=O)N(Cc2ccc(Cl)cc2Cl)[C@H](C)C(=O)NC2CCCCC2)cc(C)c1Br. The molecule has 1 aliphatic carbocycles. The van der Waals surface area contributed by atoms with Gasteiger partial charge in [-0.3, -0.25) is 9.59 Å². The van der Waals surface area contributed by atoms with Gasteiger partial charge in [0, 0.05) is 27.1 Å². The van der Waals surface area contributed by atoms with E-state index in [2.05, 4.69) is 21.2 Å². The van der Waals surface area contributed by atoms with E-state index in [9.17, 15) is 9.59 Å². The third-order valence-corrected chi connectivity index (χ3v) is 8.08. The lowest BCUT2D eigenvalue weighted by molar-refractivity contribution is -0.142. The van der Waals surface area contributed by atoms with Crippen LogP contribution in [0.4, 0.5) is 0 Å². The molecule has 1 aliphatic rings. The van der Waals surface area contributed by atoms with Crippen molar-refractivity contribution in [2.75, 3.05) is 6.61 Å². The third kappa shape index (κ3) is 7.12. The first-order valence-corrected chi connectivity index (χ1v) is 13.1. The molecular weight excluding hydrogens is 539 g/mol. The van der Waals surface area contributed by atoms with Gasteiger partial charge in [-0.25, -0.2) is 0 Å². The molecule has 8 heteroatoms. The zero-order chi connectivity index (χ0) is 24.8. The summed E-state index contributed by atoms with van der Waals surface area (Å²) in [6.07, 6.45) is 5.37. The fourth-order valence-corrected chi connectivity index (χ4v) is 4.90. The van der Waals surface area contributed by atoms with Crippen molar-refractivity contribution in [3.05, 3.63) is 61.5 Å². The van der Waals surface area contributed by atoms with Crippen LogP contribution in [-0.2, 0) is 16.1 Å². The number of amides is 2. The topological polar surface area (TPSA) is 58.6 Å². The summed E-state index contributed by atoms with van der Waals surface area (Å²) < 4.78 is 6.85. The molecule has 0 spiro atoms. The number of rotatable bonds is 8. The van der Waals surface area contributed by atoms with Crippen molar-refractivity contribution >= 4 is 50.9 Å². The fraction of sp³-hybridized carbons (Fsp3) is 0.462. The molecule has 1 atom stereocenters. The Labute approximate surface area is 220 Å². The van der Waals surface area contributed by atoms with Crippen molar-refractivity contribution < 1.29 is 14.3 Å². The molecule has 5 nitrogen and oxygen atoms in total. The highest BCUT2D eigenvalue weighted by atomic mass is 79.9. The van der Waals surface area contributed by atoms with E-state index < -0.39 is 6.04 Å². The number of aryl methyl sites for hydroxylation is 2. The molecule has 0 heterocycles. The van der Waals surface area contributed by atoms with Gasteiger partial charge in [-0.1, -0.05) is 64.5 Å². The van der Waals surface area contributed by atoms with Crippen molar-refractivity contribution in [3.63, 3.8) is 0 Å². The second-order valence-electron chi connectivity index (χ2n) is 8.94. The first-order chi connectivity index (χ1) is 16.2. The number of nitrogens with zero attached hydrogens (tertiary/aromatic N) is 1. The minimum Gasteiger partial charge on any atom is -0.484 e. The Hall–Kier alpha value is -1.76. The Kier molecular flexibility index (Phi) is 9.69. The predicted molar refractivity (Wildman–Crippen MR) is 141 cm³/mol. The number of benzene rings is 2. The molecule has 0 bridgehead atoms. The van der Waals surface area contributed by atoms with Crippen LogP contribution in [-0.4, -0.2) is 35.4 Å². The van der Waals surface area contributed by atoms with Crippen LogP contribution in [0.3, 0.4) is 0 Å². The number of hydrogen-bond donors (Lipinski definition) is 1. The van der Waals surface area contributed by atoms with Gasteiger partial charge in [-0.05, 0) is 74.6 Å². The molecule has 2 aromatic rings. The standard InChI is InChI=1S/C26H31BrCl2N2O3/c1-16-11-22(12-17(2)25(16)27)34-15-24(32)31(14-19-9-10-20(28)13-23(19)29)18(3)26(33)30-21-7-5-4-6-8-21/h9-13,18,21H,4-8,14-15H2,1-3H3,(H,30,33)/t18-/m1/s1. The zero-order valence-corrected chi connectivity index (χ0v) is 22.9. The van der Waals surface area contributed by atoms with Crippen LogP contribution in [0.15, 0.2) is 34.8 Å². The van der Waals surface area contributed by atoms with Crippen molar-refractivity contribution in [1.82, 2.24) is 10.2 Å². The second kappa shape index (κ2) is 12.3. The second-order valence-corrected chi connectivity index (χ2v) is 10.6. The Morgan fingerprint density at radius 1 is 1.12 bits per heavy atom. The molecule has 2 aromatic carbocycles. The minimum atomic E-state index is -0.682. The Morgan fingerprint density at radius 3 is 2.38 bits per heavy atom. The average Bonchev–Trinajstić information content (AvgIpc) is 2.80. The highest BCUT2D eigenvalue weighted by Crippen LogP contribution is 2.27. The molecule has 34 heavy (non-hydrogen) atoms. The summed E-state index contributed by atoms with van der Waals surface area (Å²) in [6.45, 7) is 5.67. The number of nitrogens with one attached hydrogen (secondary N) is 1. The van der Waals surface area contributed by atoms with Gasteiger partial charge in [-0.2, -0.15) is 0 Å². The molecule has 1 saturated carbocycles. The van der Waals surface area contributed by atoms with Gasteiger partial charge < -0.3 is 15.0 Å². The maximum absolute atomic E-state index is 13.3. The number of ether oxygens (including phenoxy) is 1. The molecule has 0 aromatic heterocycles. The Balaban J connectivity index is 1.76. The number of carbonyl (C=O) groups is 2. The minimum absolute atomic E-state index is 0.157. The van der Waals surface area contributed by atoms with Crippen molar-refractivity contribution in [2.24, 2.45) is 0 Å². The molecule has 1 fully saturated rings. The summed E-state index contributed by atoms with van der Waals surface area (Å²) in [4.78, 5) is 27.9. The van der Waals surface area contributed by atoms with Crippen LogP contribution in [0.2, 0.25) is 10.0 Å². The maximum atomic E-state index is 13.3. The summed E-state index contributed by atoms with van der Waals surface area (Å²) in [5.41, 5.74) is 2.76. The third-order valence-electron chi connectivity index (χ3n) is 6.25. The lowest BCUT2D eigenvalue weighted by Crippen LogP contribution is -2.51. The summed E-state index contributed by atoms with van der Waals surface area (Å²) in [5, 5.41) is 4.09. The Morgan fingerprint density at radius 2 is 1.76 bits per heavy atom. The van der Waals surface area contributed by atoms with Gasteiger partial charge in [0.2, 0.25) is 5.91 Å². The van der Waals surface area contributed by atoms with Gasteiger partial charge in [0.25, 0.3) is 5.91 Å². The van der Waals surface area contributed by atoms with Crippen molar-refractivity contribution in [1.29, 1.82) is 0 Å².